The molecule has 3 heteroatoms. The van der Waals surface area contributed by atoms with Gasteiger partial charge >= 0.3 is 0 Å². The van der Waals surface area contributed by atoms with Crippen LogP contribution in [0.5, 0.6) is 0 Å². The molecule has 0 spiro atoms. The van der Waals surface area contributed by atoms with Crippen molar-refractivity contribution in [2.45, 2.75) is 32.3 Å². The summed E-state index contributed by atoms with van der Waals surface area (Å²) in [5.74, 6) is 2.34. The van der Waals surface area contributed by atoms with Gasteiger partial charge in [-0.25, -0.2) is 0 Å². The van der Waals surface area contributed by atoms with Crippen LogP contribution in [0.4, 0.5) is 0 Å². The first-order chi connectivity index (χ1) is 5.62. The van der Waals surface area contributed by atoms with E-state index in [4.69, 9.17) is 10.5 Å². The van der Waals surface area contributed by atoms with E-state index in [2.05, 4.69) is 13.8 Å². The SMILES string of the molecule is COC(C)(C)CCSCCCN. The van der Waals surface area contributed by atoms with E-state index in [1.807, 2.05) is 11.8 Å². The molecule has 12 heavy (non-hydrogen) atoms. The van der Waals surface area contributed by atoms with Crippen molar-refractivity contribution >= 4 is 11.8 Å². The highest BCUT2D eigenvalue weighted by atomic mass is 32.2. The zero-order valence-corrected chi connectivity index (χ0v) is 9.25. The molecule has 0 aromatic rings. The van der Waals surface area contributed by atoms with E-state index in [0.29, 0.717) is 0 Å². The molecule has 0 heterocycles. The second kappa shape index (κ2) is 6.75. The molecule has 0 aliphatic rings. The molecule has 74 valence electrons. The van der Waals surface area contributed by atoms with Gasteiger partial charge in [-0.15, -0.1) is 0 Å². The van der Waals surface area contributed by atoms with Crippen molar-refractivity contribution in [3.63, 3.8) is 0 Å². The van der Waals surface area contributed by atoms with Crippen LogP contribution in [0.3, 0.4) is 0 Å². The number of nitrogens with two attached hydrogens (primary N) is 1. The van der Waals surface area contributed by atoms with E-state index in [1.54, 1.807) is 7.11 Å². The van der Waals surface area contributed by atoms with Gasteiger partial charge < -0.3 is 10.5 Å². The molecule has 0 aliphatic carbocycles. The van der Waals surface area contributed by atoms with Crippen molar-refractivity contribution < 1.29 is 4.74 Å². The van der Waals surface area contributed by atoms with Crippen LogP contribution < -0.4 is 5.73 Å². The molecule has 2 N–H and O–H groups in total. The van der Waals surface area contributed by atoms with Gasteiger partial charge in [-0.2, -0.15) is 11.8 Å². The first-order valence-corrected chi connectivity index (χ1v) is 5.61. The molecule has 2 nitrogen and oxygen atoms in total. The number of rotatable bonds is 7. The molecular formula is C9H21NOS. The van der Waals surface area contributed by atoms with Crippen molar-refractivity contribution in [3.8, 4) is 0 Å². The van der Waals surface area contributed by atoms with Crippen molar-refractivity contribution in [2.24, 2.45) is 5.73 Å². The van der Waals surface area contributed by atoms with Gasteiger partial charge in [0.2, 0.25) is 0 Å². The standard InChI is InChI=1S/C9H21NOS/c1-9(2,11-3)5-8-12-7-4-6-10/h4-8,10H2,1-3H3. The first-order valence-electron chi connectivity index (χ1n) is 4.45. The maximum atomic E-state index is 5.38. The van der Waals surface area contributed by atoms with E-state index in [1.165, 1.54) is 11.5 Å². The van der Waals surface area contributed by atoms with Crippen LogP contribution in [0.25, 0.3) is 0 Å². The van der Waals surface area contributed by atoms with Gasteiger partial charge in [0.05, 0.1) is 5.60 Å². The Bertz CT molecular complexity index is 107. The quantitative estimate of drug-likeness (QED) is 0.624. The Morgan fingerprint density at radius 3 is 2.50 bits per heavy atom. The third kappa shape index (κ3) is 6.95. The Morgan fingerprint density at radius 2 is 2.00 bits per heavy atom. The zero-order chi connectivity index (χ0) is 9.45. The van der Waals surface area contributed by atoms with Crippen LogP contribution in [0, 0.1) is 0 Å². The summed E-state index contributed by atoms with van der Waals surface area (Å²) in [6, 6.07) is 0. The lowest BCUT2D eigenvalue weighted by atomic mass is 10.1. The van der Waals surface area contributed by atoms with Gasteiger partial charge in [-0.1, -0.05) is 0 Å². The molecule has 0 saturated heterocycles. The third-order valence-electron chi connectivity index (χ3n) is 1.89. The lowest BCUT2D eigenvalue weighted by Gasteiger charge is -2.22. The number of hydrogen-bond donors (Lipinski definition) is 1. The summed E-state index contributed by atoms with van der Waals surface area (Å²) in [7, 11) is 1.77. The number of ether oxygens (including phenoxy) is 1. The van der Waals surface area contributed by atoms with Crippen LogP contribution in [-0.4, -0.2) is 30.8 Å². The molecule has 0 unspecified atom stereocenters. The number of hydrogen-bond acceptors (Lipinski definition) is 3. The third-order valence-corrected chi connectivity index (χ3v) is 2.96. The molecule has 0 aliphatic heterocycles. The summed E-state index contributed by atoms with van der Waals surface area (Å²) in [4.78, 5) is 0. The summed E-state index contributed by atoms with van der Waals surface area (Å²) in [5.41, 5.74) is 5.42. The Morgan fingerprint density at radius 1 is 1.33 bits per heavy atom. The minimum Gasteiger partial charge on any atom is -0.379 e. The van der Waals surface area contributed by atoms with Crippen LogP contribution in [0.1, 0.15) is 26.7 Å². The molecule has 0 fully saturated rings. The summed E-state index contributed by atoms with van der Waals surface area (Å²) in [6.07, 6.45) is 2.23. The lowest BCUT2D eigenvalue weighted by molar-refractivity contribution is 0.0207. The smallest absolute Gasteiger partial charge is 0.0630 e. The Balaban J connectivity index is 3.19. The van der Waals surface area contributed by atoms with Gasteiger partial charge in [-0.05, 0) is 44.7 Å². The van der Waals surface area contributed by atoms with E-state index in [-0.39, 0.29) is 5.60 Å². The zero-order valence-electron chi connectivity index (χ0n) is 8.43. The van der Waals surface area contributed by atoms with E-state index < -0.39 is 0 Å². The monoisotopic (exact) mass is 191 g/mol. The second-order valence-electron chi connectivity index (χ2n) is 3.47. The summed E-state index contributed by atoms with van der Waals surface area (Å²) in [5, 5.41) is 0. The van der Waals surface area contributed by atoms with Crippen LogP contribution in [0.15, 0.2) is 0 Å². The average molecular weight is 191 g/mol. The Hall–Kier alpha value is 0.270. The molecule has 0 saturated carbocycles. The fourth-order valence-electron chi connectivity index (χ4n) is 0.707. The topological polar surface area (TPSA) is 35.2 Å². The lowest BCUT2D eigenvalue weighted by Crippen LogP contribution is -2.23. The maximum absolute atomic E-state index is 5.38. The molecular weight excluding hydrogens is 170 g/mol. The molecule has 0 bridgehead atoms. The van der Waals surface area contributed by atoms with Crippen LogP contribution >= 0.6 is 11.8 Å². The van der Waals surface area contributed by atoms with E-state index >= 15 is 0 Å². The number of thioether (sulfide) groups is 1. The average Bonchev–Trinajstić information content (AvgIpc) is 2.04. The minimum absolute atomic E-state index is 0.0374. The predicted molar refractivity (Wildman–Crippen MR) is 56.7 cm³/mol. The van der Waals surface area contributed by atoms with Crippen molar-refractivity contribution in [1.29, 1.82) is 0 Å². The highest BCUT2D eigenvalue weighted by molar-refractivity contribution is 7.99. The van der Waals surface area contributed by atoms with Crippen LogP contribution in [-0.2, 0) is 4.74 Å². The van der Waals surface area contributed by atoms with Gasteiger partial charge in [-0.3, -0.25) is 0 Å². The predicted octanol–water partition coefficient (Wildman–Crippen LogP) is 1.88. The highest BCUT2D eigenvalue weighted by Gasteiger charge is 2.14. The summed E-state index contributed by atoms with van der Waals surface area (Å²) < 4.78 is 5.31. The highest BCUT2D eigenvalue weighted by Crippen LogP contribution is 2.16. The van der Waals surface area contributed by atoms with Gasteiger partial charge in [0.25, 0.3) is 0 Å². The number of methoxy groups -OCH3 is 1. The molecule has 0 aromatic carbocycles. The fourth-order valence-corrected chi connectivity index (χ4v) is 1.92. The van der Waals surface area contributed by atoms with Gasteiger partial charge in [0.1, 0.15) is 0 Å². The summed E-state index contributed by atoms with van der Waals surface area (Å²) in [6.45, 7) is 5.05. The molecule has 0 amide bonds. The Kier molecular flexibility index (Phi) is 6.90. The van der Waals surface area contributed by atoms with Gasteiger partial charge in [0, 0.05) is 7.11 Å². The maximum Gasteiger partial charge on any atom is 0.0630 e. The molecule has 0 rings (SSSR count). The summed E-state index contributed by atoms with van der Waals surface area (Å²) >= 11 is 1.96. The normalized spacial score (nSPS) is 12.0. The van der Waals surface area contributed by atoms with Gasteiger partial charge in [0.15, 0.2) is 0 Å². The van der Waals surface area contributed by atoms with Crippen molar-refractivity contribution in [3.05, 3.63) is 0 Å². The first kappa shape index (κ1) is 12.3. The van der Waals surface area contributed by atoms with Crippen molar-refractivity contribution in [2.75, 3.05) is 25.2 Å². The second-order valence-corrected chi connectivity index (χ2v) is 4.69. The largest absolute Gasteiger partial charge is 0.379 e. The Labute approximate surface area is 80.2 Å². The van der Waals surface area contributed by atoms with Crippen LogP contribution in [0.2, 0.25) is 0 Å². The molecule has 0 aromatic heterocycles. The van der Waals surface area contributed by atoms with E-state index in [9.17, 15) is 0 Å². The molecule has 0 radical (unpaired) electrons. The van der Waals surface area contributed by atoms with Crippen molar-refractivity contribution in [1.82, 2.24) is 0 Å². The fraction of sp³-hybridized carbons (Fsp3) is 1.00. The molecule has 0 atom stereocenters. The minimum atomic E-state index is 0.0374. The van der Waals surface area contributed by atoms with E-state index in [0.717, 1.165) is 19.4 Å².